The molecule has 16 heavy (non-hydrogen) atoms. The number of ketones is 1. The highest BCUT2D eigenvalue weighted by atomic mass is 79.9. The van der Waals surface area contributed by atoms with Crippen molar-refractivity contribution >= 4 is 27.4 Å². The summed E-state index contributed by atoms with van der Waals surface area (Å²) in [7, 11) is 1.86. The van der Waals surface area contributed by atoms with Gasteiger partial charge in [-0.05, 0) is 32.0 Å². The number of carbonyl (C=O) groups excluding carboxylic acids is 1. The second-order valence-electron chi connectivity index (χ2n) is 3.95. The number of Topliss-reactive ketones (excluding diaryl/α,β-unsaturated/α-hetero) is 1. The Morgan fingerprint density at radius 2 is 2.19 bits per heavy atom. The Hall–Kier alpha value is -0.870. The summed E-state index contributed by atoms with van der Waals surface area (Å²) >= 11 is 3.34. The van der Waals surface area contributed by atoms with E-state index in [0.717, 1.165) is 10.2 Å². The van der Waals surface area contributed by atoms with Gasteiger partial charge in [0.05, 0.1) is 6.10 Å². The summed E-state index contributed by atoms with van der Waals surface area (Å²) < 4.78 is 0.881. The second kappa shape index (κ2) is 5.46. The fourth-order valence-electron chi connectivity index (χ4n) is 1.62. The van der Waals surface area contributed by atoms with E-state index in [2.05, 4.69) is 15.9 Å². The van der Waals surface area contributed by atoms with Crippen LogP contribution < -0.4 is 4.90 Å². The van der Waals surface area contributed by atoms with Crippen molar-refractivity contribution < 1.29 is 9.90 Å². The van der Waals surface area contributed by atoms with Crippen LogP contribution in [0.1, 0.15) is 24.2 Å². The third-order valence-corrected chi connectivity index (χ3v) is 2.78. The zero-order chi connectivity index (χ0) is 12.3. The van der Waals surface area contributed by atoms with Crippen molar-refractivity contribution in [2.45, 2.75) is 20.0 Å². The summed E-state index contributed by atoms with van der Waals surface area (Å²) in [5.74, 6) is 0.0220. The SMILES string of the molecule is CC(=O)c1cc(Br)ccc1N(C)CC(C)O. The van der Waals surface area contributed by atoms with E-state index in [1.54, 1.807) is 19.9 Å². The number of benzene rings is 1. The molecular weight excluding hydrogens is 270 g/mol. The number of nitrogens with zero attached hydrogens (tertiary/aromatic N) is 1. The number of likely N-dealkylation sites (N-methyl/N-ethyl adjacent to an activating group) is 1. The third kappa shape index (κ3) is 3.32. The number of aliphatic hydroxyl groups excluding tert-OH is 1. The molecule has 0 amide bonds. The fraction of sp³-hybridized carbons (Fsp3) is 0.417. The van der Waals surface area contributed by atoms with Crippen molar-refractivity contribution in [2.24, 2.45) is 0 Å². The second-order valence-corrected chi connectivity index (χ2v) is 4.86. The van der Waals surface area contributed by atoms with Gasteiger partial charge in [-0.2, -0.15) is 0 Å². The van der Waals surface area contributed by atoms with Crippen LogP contribution in [0.25, 0.3) is 0 Å². The van der Waals surface area contributed by atoms with Gasteiger partial charge in [-0.1, -0.05) is 15.9 Å². The van der Waals surface area contributed by atoms with Crippen molar-refractivity contribution in [3.63, 3.8) is 0 Å². The molecule has 1 aromatic rings. The highest BCUT2D eigenvalue weighted by Gasteiger charge is 2.12. The molecule has 1 unspecified atom stereocenters. The van der Waals surface area contributed by atoms with Gasteiger partial charge in [-0.15, -0.1) is 0 Å². The fourth-order valence-corrected chi connectivity index (χ4v) is 1.98. The van der Waals surface area contributed by atoms with Crippen LogP contribution in [0.15, 0.2) is 22.7 Å². The highest BCUT2D eigenvalue weighted by Crippen LogP contribution is 2.24. The molecule has 0 fully saturated rings. The first-order valence-corrected chi connectivity index (χ1v) is 5.90. The number of anilines is 1. The van der Waals surface area contributed by atoms with Gasteiger partial charge in [0.2, 0.25) is 0 Å². The molecule has 0 saturated heterocycles. The van der Waals surface area contributed by atoms with Crippen LogP contribution in [0.3, 0.4) is 0 Å². The smallest absolute Gasteiger partial charge is 0.161 e. The zero-order valence-corrected chi connectivity index (χ0v) is 11.3. The maximum atomic E-state index is 11.5. The van der Waals surface area contributed by atoms with E-state index in [1.807, 2.05) is 24.1 Å². The van der Waals surface area contributed by atoms with Gasteiger partial charge < -0.3 is 10.0 Å². The van der Waals surface area contributed by atoms with Gasteiger partial charge in [-0.25, -0.2) is 0 Å². The number of halogens is 1. The van der Waals surface area contributed by atoms with Gasteiger partial charge >= 0.3 is 0 Å². The Bertz CT molecular complexity index is 391. The van der Waals surface area contributed by atoms with Crippen molar-refractivity contribution in [1.82, 2.24) is 0 Å². The number of aliphatic hydroxyl groups is 1. The molecule has 1 N–H and O–H groups in total. The average Bonchev–Trinajstić information content (AvgIpc) is 2.16. The number of hydrogen-bond acceptors (Lipinski definition) is 3. The highest BCUT2D eigenvalue weighted by molar-refractivity contribution is 9.10. The van der Waals surface area contributed by atoms with Crippen LogP contribution in [0.2, 0.25) is 0 Å². The molecule has 3 nitrogen and oxygen atoms in total. The van der Waals surface area contributed by atoms with Crippen molar-refractivity contribution in [3.05, 3.63) is 28.2 Å². The number of carbonyl (C=O) groups is 1. The molecule has 0 aliphatic carbocycles. The molecule has 0 saturated carbocycles. The maximum absolute atomic E-state index is 11.5. The minimum absolute atomic E-state index is 0.0220. The molecular formula is C12H16BrNO2. The first-order valence-electron chi connectivity index (χ1n) is 5.11. The Morgan fingerprint density at radius 1 is 1.56 bits per heavy atom. The topological polar surface area (TPSA) is 40.5 Å². The van der Waals surface area contributed by atoms with E-state index in [-0.39, 0.29) is 5.78 Å². The molecule has 0 heterocycles. The molecule has 0 spiro atoms. The monoisotopic (exact) mass is 285 g/mol. The van der Waals surface area contributed by atoms with Crippen molar-refractivity contribution in [3.8, 4) is 0 Å². The Kier molecular flexibility index (Phi) is 4.50. The standard InChI is InChI=1S/C12H16BrNO2/c1-8(15)7-14(3)12-5-4-10(13)6-11(12)9(2)16/h4-6,8,15H,7H2,1-3H3. The van der Waals surface area contributed by atoms with Gasteiger partial charge in [0.25, 0.3) is 0 Å². The molecule has 88 valence electrons. The summed E-state index contributed by atoms with van der Waals surface area (Å²) in [5.41, 5.74) is 1.51. The summed E-state index contributed by atoms with van der Waals surface area (Å²) in [4.78, 5) is 13.4. The first kappa shape index (κ1) is 13.2. The van der Waals surface area contributed by atoms with Crippen LogP contribution in [-0.4, -0.2) is 30.6 Å². The molecule has 1 rings (SSSR count). The van der Waals surface area contributed by atoms with E-state index >= 15 is 0 Å². The predicted octanol–water partition coefficient (Wildman–Crippen LogP) is 2.47. The zero-order valence-electron chi connectivity index (χ0n) is 9.70. The summed E-state index contributed by atoms with van der Waals surface area (Å²) in [6.45, 7) is 3.77. The lowest BCUT2D eigenvalue weighted by Crippen LogP contribution is -2.28. The van der Waals surface area contributed by atoms with Gasteiger partial charge in [0.1, 0.15) is 0 Å². The first-order chi connectivity index (χ1) is 7.41. The summed E-state index contributed by atoms with van der Waals surface area (Å²) in [6.07, 6.45) is -0.423. The lowest BCUT2D eigenvalue weighted by molar-refractivity contribution is 0.101. The molecule has 4 heteroatoms. The molecule has 0 aromatic heterocycles. The quantitative estimate of drug-likeness (QED) is 0.864. The summed E-state index contributed by atoms with van der Waals surface area (Å²) in [6, 6.07) is 5.57. The predicted molar refractivity (Wildman–Crippen MR) is 69.1 cm³/mol. The van der Waals surface area contributed by atoms with E-state index in [4.69, 9.17) is 0 Å². The van der Waals surface area contributed by atoms with Gasteiger partial charge in [-0.3, -0.25) is 4.79 Å². The molecule has 1 aromatic carbocycles. The Morgan fingerprint density at radius 3 is 2.69 bits per heavy atom. The Balaban J connectivity index is 3.07. The minimum atomic E-state index is -0.423. The average molecular weight is 286 g/mol. The van der Waals surface area contributed by atoms with Crippen LogP contribution in [0, 0.1) is 0 Å². The van der Waals surface area contributed by atoms with Crippen LogP contribution in [0.4, 0.5) is 5.69 Å². The molecule has 0 bridgehead atoms. The maximum Gasteiger partial charge on any atom is 0.161 e. The largest absolute Gasteiger partial charge is 0.392 e. The normalized spacial score (nSPS) is 12.3. The van der Waals surface area contributed by atoms with E-state index in [1.165, 1.54) is 0 Å². The van der Waals surface area contributed by atoms with Crippen molar-refractivity contribution in [2.75, 3.05) is 18.5 Å². The number of hydrogen-bond donors (Lipinski definition) is 1. The van der Waals surface area contributed by atoms with Crippen LogP contribution in [0.5, 0.6) is 0 Å². The van der Waals surface area contributed by atoms with Crippen LogP contribution in [-0.2, 0) is 0 Å². The van der Waals surface area contributed by atoms with Gasteiger partial charge in [0, 0.05) is 29.3 Å². The molecule has 0 aliphatic rings. The van der Waals surface area contributed by atoms with E-state index < -0.39 is 6.10 Å². The van der Waals surface area contributed by atoms with E-state index in [9.17, 15) is 9.90 Å². The lowest BCUT2D eigenvalue weighted by atomic mass is 10.1. The summed E-state index contributed by atoms with van der Waals surface area (Å²) in [5, 5.41) is 9.33. The van der Waals surface area contributed by atoms with Gasteiger partial charge in [0.15, 0.2) is 5.78 Å². The number of rotatable bonds is 4. The van der Waals surface area contributed by atoms with E-state index in [0.29, 0.717) is 12.1 Å². The molecule has 0 aliphatic heterocycles. The lowest BCUT2D eigenvalue weighted by Gasteiger charge is -2.23. The molecule has 0 radical (unpaired) electrons. The van der Waals surface area contributed by atoms with Crippen molar-refractivity contribution in [1.29, 1.82) is 0 Å². The third-order valence-electron chi connectivity index (χ3n) is 2.29. The molecule has 1 atom stereocenters. The Labute approximate surface area is 104 Å². The van der Waals surface area contributed by atoms with Crippen LogP contribution >= 0.6 is 15.9 Å². The minimum Gasteiger partial charge on any atom is -0.392 e.